The summed E-state index contributed by atoms with van der Waals surface area (Å²) in [6.45, 7) is 7.79. The number of benzene rings is 1. The lowest BCUT2D eigenvalue weighted by Crippen LogP contribution is -2.23. The van der Waals surface area contributed by atoms with Crippen molar-refractivity contribution in [1.29, 1.82) is 5.26 Å². The SMILES string of the molecule is CNC(=O)c1c(C)c(-c2ccc(C#N)c(C)c2)nn1C(C)C. The Balaban J connectivity index is 2.65. The van der Waals surface area contributed by atoms with Crippen molar-refractivity contribution in [2.24, 2.45) is 0 Å². The molecular formula is C17H20N4O. The first-order valence-corrected chi connectivity index (χ1v) is 7.23. The maximum absolute atomic E-state index is 12.2. The van der Waals surface area contributed by atoms with E-state index >= 15 is 0 Å². The second-order valence-corrected chi connectivity index (χ2v) is 5.58. The van der Waals surface area contributed by atoms with Crippen molar-refractivity contribution >= 4 is 5.91 Å². The van der Waals surface area contributed by atoms with Gasteiger partial charge in [0.15, 0.2) is 0 Å². The summed E-state index contributed by atoms with van der Waals surface area (Å²) in [6, 6.07) is 7.84. The van der Waals surface area contributed by atoms with Gasteiger partial charge in [-0.05, 0) is 45.4 Å². The van der Waals surface area contributed by atoms with E-state index in [1.807, 2.05) is 39.8 Å². The van der Waals surface area contributed by atoms with Crippen LogP contribution in [-0.2, 0) is 0 Å². The van der Waals surface area contributed by atoms with Gasteiger partial charge in [0, 0.05) is 24.2 Å². The summed E-state index contributed by atoms with van der Waals surface area (Å²) in [7, 11) is 1.62. The van der Waals surface area contributed by atoms with Gasteiger partial charge in [-0.3, -0.25) is 9.48 Å². The molecule has 2 aromatic rings. The van der Waals surface area contributed by atoms with Crippen LogP contribution in [0.1, 0.15) is 47.1 Å². The molecule has 0 aliphatic rings. The number of nitriles is 1. The molecule has 0 saturated heterocycles. The van der Waals surface area contributed by atoms with Gasteiger partial charge in [-0.2, -0.15) is 10.4 Å². The number of aryl methyl sites for hydroxylation is 1. The molecule has 1 aromatic heterocycles. The van der Waals surface area contributed by atoms with E-state index in [-0.39, 0.29) is 11.9 Å². The average molecular weight is 296 g/mol. The van der Waals surface area contributed by atoms with Crippen molar-refractivity contribution in [3.8, 4) is 17.3 Å². The molecule has 0 aliphatic heterocycles. The average Bonchev–Trinajstić information content (AvgIpc) is 2.84. The van der Waals surface area contributed by atoms with Gasteiger partial charge >= 0.3 is 0 Å². The van der Waals surface area contributed by atoms with Crippen LogP contribution in [-0.4, -0.2) is 22.7 Å². The summed E-state index contributed by atoms with van der Waals surface area (Å²) >= 11 is 0. The quantitative estimate of drug-likeness (QED) is 0.946. The van der Waals surface area contributed by atoms with Crippen LogP contribution in [0.2, 0.25) is 0 Å². The smallest absolute Gasteiger partial charge is 0.269 e. The van der Waals surface area contributed by atoms with Crippen molar-refractivity contribution in [2.45, 2.75) is 33.7 Å². The maximum Gasteiger partial charge on any atom is 0.269 e. The molecule has 0 spiro atoms. The first-order valence-electron chi connectivity index (χ1n) is 7.23. The molecule has 0 aliphatic carbocycles. The van der Waals surface area contributed by atoms with E-state index in [9.17, 15) is 4.79 Å². The molecule has 22 heavy (non-hydrogen) atoms. The number of rotatable bonds is 3. The highest BCUT2D eigenvalue weighted by atomic mass is 16.1. The number of nitrogens with zero attached hydrogens (tertiary/aromatic N) is 3. The summed E-state index contributed by atoms with van der Waals surface area (Å²) in [6.07, 6.45) is 0. The normalized spacial score (nSPS) is 10.6. The Morgan fingerprint density at radius 3 is 2.55 bits per heavy atom. The van der Waals surface area contributed by atoms with Crippen LogP contribution in [0.3, 0.4) is 0 Å². The second-order valence-electron chi connectivity index (χ2n) is 5.58. The van der Waals surface area contributed by atoms with Gasteiger partial charge in [0.05, 0.1) is 17.3 Å². The lowest BCUT2D eigenvalue weighted by molar-refractivity contribution is 0.0950. The third-order valence-electron chi connectivity index (χ3n) is 3.70. The molecule has 1 heterocycles. The molecular weight excluding hydrogens is 276 g/mol. The van der Waals surface area contributed by atoms with Gasteiger partial charge in [0.25, 0.3) is 5.91 Å². The van der Waals surface area contributed by atoms with E-state index in [4.69, 9.17) is 5.26 Å². The van der Waals surface area contributed by atoms with Gasteiger partial charge in [-0.25, -0.2) is 0 Å². The maximum atomic E-state index is 12.2. The highest BCUT2D eigenvalue weighted by Crippen LogP contribution is 2.28. The summed E-state index contributed by atoms with van der Waals surface area (Å²) in [5, 5.41) is 16.3. The number of carbonyl (C=O) groups excluding carboxylic acids is 1. The minimum absolute atomic E-state index is 0.0826. The van der Waals surface area contributed by atoms with Gasteiger partial charge in [0.1, 0.15) is 5.69 Å². The summed E-state index contributed by atoms with van der Waals surface area (Å²) in [5.41, 5.74) is 4.67. The van der Waals surface area contributed by atoms with Gasteiger partial charge < -0.3 is 5.32 Å². The Bertz CT molecular complexity index is 766. The molecule has 0 radical (unpaired) electrons. The van der Waals surface area contributed by atoms with Crippen molar-refractivity contribution in [3.63, 3.8) is 0 Å². The summed E-state index contributed by atoms with van der Waals surface area (Å²) in [5.74, 6) is -0.143. The fourth-order valence-electron chi connectivity index (χ4n) is 2.49. The van der Waals surface area contributed by atoms with E-state index in [0.29, 0.717) is 11.3 Å². The summed E-state index contributed by atoms with van der Waals surface area (Å²) in [4.78, 5) is 12.2. The van der Waals surface area contributed by atoms with Crippen molar-refractivity contribution in [3.05, 3.63) is 40.6 Å². The van der Waals surface area contributed by atoms with Crippen LogP contribution in [0.5, 0.6) is 0 Å². The fourth-order valence-corrected chi connectivity index (χ4v) is 2.49. The number of hydrogen-bond donors (Lipinski definition) is 1. The third-order valence-corrected chi connectivity index (χ3v) is 3.70. The standard InChI is InChI=1S/C17H20N4O/c1-10(2)21-16(17(22)19-5)12(4)15(20-21)13-6-7-14(9-18)11(3)8-13/h6-8,10H,1-5H3,(H,19,22). The Morgan fingerprint density at radius 1 is 1.36 bits per heavy atom. The van der Waals surface area contributed by atoms with Crippen LogP contribution in [0.15, 0.2) is 18.2 Å². The predicted molar refractivity (Wildman–Crippen MR) is 85.6 cm³/mol. The number of carbonyl (C=O) groups is 1. The first-order chi connectivity index (χ1) is 10.4. The zero-order valence-electron chi connectivity index (χ0n) is 13.6. The van der Waals surface area contributed by atoms with Crippen molar-refractivity contribution < 1.29 is 4.79 Å². The monoisotopic (exact) mass is 296 g/mol. The van der Waals surface area contributed by atoms with E-state index in [0.717, 1.165) is 22.4 Å². The summed E-state index contributed by atoms with van der Waals surface area (Å²) < 4.78 is 1.75. The molecule has 1 amide bonds. The molecule has 5 nitrogen and oxygen atoms in total. The molecule has 0 unspecified atom stereocenters. The van der Waals surface area contributed by atoms with Crippen molar-refractivity contribution in [2.75, 3.05) is 7.05 Å². The Morgan fingerprint density at radius 2 is 2.05 bits per heavy atom. The van der Waals surface area contributed by atoms with E-state index in [1.165, 1.54) is 0 Å². The largest absolute Gasteiger partial charge is 0.354 e. The van der Waals surface area contributed by atoms with Gasteiger partial charge in [-0.15, -0.1) is 0 Å². The van der Waals surface area contributed by atoms with Crippen LogP contribution < -0.4 is 5.32 Å². The number of amides is 1. The van der Waals surface area contributed by atoms with E-state index in [2.05, 4.69) is 16.5 Å². The van der Waals surface area contributed by atoms with E-state index < -0.39 is 0 Å². The van der Waals surface area contributed by atoms with Crippen LogP contribution in [0, 0.1) is 25.2 Å². The zero-order valence-corrected chi connectivity index (χ0v) is 13.6. The Labute approximate surface area is 130 Å². The van der Waals surface area contributed by atoms with Crippen molar-refractivity contribution in [1.82, 2.24) is 15.1 Å². The van der Waals surface area contributed by atoms with E-state index in [1.54, 1.807) is 17.8 Å². The Hall–Kier alpha value is -2.61. The van der Waals surface area contributed by atoms with Gasteiger partial charge in [-0.1, -0.05) is 6.07 Å². The highest BCUT2D eigenvalue weighted by molar-refractivity contribution is 5.95. The minimum atomic E-state index is -0.143. The topological polar surface area (TPSA) is 70.7 Å². The molecule has 5 heteroatoms. The lowest BCUT2D eigenvalue weighted by atomic mass is 10.0. The third kappa shape index (κ3) is 2.60. The van der Waals surface area contributed by atoms with Gasteiger partial charge in [0.2, 0.25) is 0 Å². The second kappa shape index (κ2) is 6.02. The predicted octanol–water partition coefficient (Wildman–Crippen LogP) is 2.98. The molecule has 0 saturated carbocycles. The molecule has 0 atom stereocenters. The number of aromatic nitrogens is 2. The molecule has 2 rings (SSSR count). The molecule has 0 fully saturated rings. The Kier molecular flexibility index (Phi) is 4.32. The molecule has 114 valence electrons. The number of nitrogens with one attached hydrogen (secondary N) is 1. The highest BCUT2D eigenvalue weighted by Gasteiger charge is 2.22. The number of hydrogen-bond acceptors (Lipinski definition) is 3. The molecule has 1 N–H and O–H groups in total. The van der Waals surface area contributed by atoms with Crippen LogP contribution in [0.25, 0.3) is 11.3 Å². The molecule has 1 aromatic carbocycles. The molecule has 0 bridgehead atoms. The zero-order chi connectivity index (χ0) is 16.4. The fraction of sp³-hybridized carbons (Fsp3) is 0.353. The first kappa shape index (κ1) is 15.8. The van der Waals surface area contributed by atoms with Crippen LogP contribution >= 0.6 is 0 Å². The lowest BCUT2D eigenvalue weighted by Gasteiger charge is -2.10. The minimum Gasteiger partial charge on any atom is -0.354 e. The van der Waals surface area contributed by atoms with Crippen LogP contribution in [0.4, 0.5) is 0 Å².